The summed E-state index contributed by atoms with van der Waals surface area (Å²) in [7, 11) is 3.45. The van der Waals surface area contributed by atoms with Crippen molar-refractivity contribution in [2.24, 2.45) is 4.99 Å². The summed E-state index contributed by atoms with van der Waals surface area (Å²) in [4.78, 5) is 4.27. The summed E-state index contributed by atoms with van der Waals surface area (Å²) in [5, 5.41) is 11.1. The zero-order chi connectivity index (χ0) is 18.9. The predicted molar refractivity (Wildman–Crippen MR) is 108 cm³/mol. The van der Waals surface area contributed by atoms with Crippen LogP contribution in [0.4, 0.5) is 0 Å². The molecule has 6 heteroatoms. The molecule has 27 heavy (non-hydrogen) atoms. The number of ether oxygens (including phenoxy) is 1. The number of benzene rings is 2. The molecule has 3 aromatic rings. The number of aliphatic imine (C=N–C) groups is 1. The molecule has 0 radical (unpaired) electrons. The minimum atomic E-state index is 0.662. The van der Waals surface area contributed by atoms with Crippen LogP contribution in [0.1, 0.15) is 11.1 Å². The first kappa shape index (κ1) is 18.5. The van der Waals surface area contributed by atoms with E-state index in [-0.39, 0.29) is 0 Å². The minimum Gasteiger partial charge on any atom is -0.497 e. The second-order valence-electron chi connectivity index (χ2n) is 6.08. The molecule has 0 bridgehead atoms. The van der Waals surface area contributed by atoms with Crippen LogP contribution >= 0.6 is 0 Å². The maximum atomic E-state index is 5.18. The fraction of sp³-hybridized carbons (Fsp3) is 0.238. The van der Waals surface area contributed by atoms with Crippen molar-refractivity contribution in [1.82, 2.24) is 20.4 Å². The quantitative estimate of drug-likeness (QED) is 0.500. The van der Waals surface area contributed by atoms with Gasteiger partial charge in [-0.3, -0.25) is 4.99 Å². The van der Waals surface area contributed by atoms with E-state index in [4.69, 9.17) is 4.74 Å². The summed E-state index contributed by atoms with van der Waals surface area (Å²) >= 11 is 0. The Morgan fingerprint density at radius 3 is 2.52 bits per heavy atom. The number of nitrogens with one attached hydrogen (secondary N) is 2. The Labute approximate surface area is 159 Å². The fourth-order valence-corrected chi connectivity index (χ4v) is 2.70. The molecular weight excluding hydrogens is 338 g/mol. The van der Waals surface area contributed by atoms with E-state index >= 15 is 0 Å². The van der Waals surface area contributed by atoms with Crippen LogP contribution in [-0.4, -0.2) is 36.4 Å². The van der Waals surface area contributed by atoms with Crippen molar-refractivity contribution >= 4 is 5.96 Å². The normalized spacial score (nSPS) is 11.3. The lowest BCUT2D eigenvalue weighted by atomic mass is 10.1. The van der Waals surface area contributed by atoms with Crippen molar-refractivity contribution in [3.05, 3.63) is 78.1 Å². The molecule has 2 N–H and O–H groups in total. The molecule has 0 saturated carbocycles. The first-order valence-electron chi connectivity index (χ1n) is 8.95. The van der Waals surface area contributed by atoms with E-state index in [0.717, 1.165) is 35.9 Å². The van der Waals surface area contributed by atoms with Gasteiger partial charge in [0.2, 0.25) is 0 Å². The molecule has 1 aromatic heterocycles. The topological polar surface area (TPSA) is 63.5 Å². The average molecular weight is 363 g/mol. The number of para-hydroxylation sites is 1. The molecule has 0 amide bonds. The summed E-state index contributed by atoms with van der Waals surface area (Å²) in [6, 6.07) is 18.2. The van der Waals surface area contributed by atoms with E-state index in [2.05, 4.69) is 32.9 Å². The molecule has 3 rings (SSSR count). The Hall–Kier alpha value is -3.28. The van der Waals surface area contributed by atoms with E-state index in [1.807, 2.05) is 59.5 Å². The van der Waals surface area contributed by atoms with Gasteiger partial charge in [-0.1, -0.05) is 30.3 Å². The molecule has 0 atom stereocenters. The number of hydrogen-bond donors (Lipinski definition) is 2. The van der Waals surface area contributed by atoms with Crippen LogP contribution in [0.15, 0.2) is 72.0 Å². The van der Waals surface area contributed by atoms with Gasteiger partial charge in [-0.05, 0) is 36.2 Å². The van der Waals surface area contributed by atoms with Crippen molar-refractivity contribution in [3.63, 3.8) is 0 Å². The molecule has 0 fully saturated rings. The summed E-state index contributed by atoms with van der Waals surface area (Å²) in [5.74, 6) is 1.65. The highest BCUT2D eigenvalue weighted by Gasteiger charge is 2.03. The predicted octanol–water partition coefficient (Wildman–Crippen LogP) is 2.79. The number of nitrogens with zero attached hydrogens (tertiary/aromatic N) is 3. The molecular formula is C21H25N5O. The van der Waals surface area contributed by atoms with Crippen LogP contribution in [0.25, 0.3) is 5.69 Å². The highest BCUT2D eigenvalue weighted by molar-refractivity contribution is 5.79. The van der Waals surface area contributed by atoms with Gasteiger partial charge in [-0.25, -0.2) is 4.68 Å². The van der Waals surface area contributed by atoms with Crippen molar-refractivity contribution in [2.75, 3.05) is 20.7 Å². The van der Waals surface area contributed by atoms with Gasteiger partial charge < -0.3 is 15.4 Å². The van der Waals surface area contributed by atoms with E-state index < -0.39 is 0 Å². The smallest absolute Gasteiger partial charge is 0.191 e. The monoisotopic (exact) mass is 363 g/mol. The Morgan fingerprint density at radius 2 is 1.81 bits per heavy atom. The van der Waals surface area contributed by atoms with E-state index in [1.54, 1.807) is 14.2 Å². The van der Waals surface area contributed by atoms with Gasteiger partial charge in [0.25, 0.3) is 0 Å². The molecule has 1 heterocycles. The van der Waals surface area contributed by atoms with Crippen LogP contribution in [0.3, 0.4) is 0 Å². The Kier molecular flexibility index (Phi) is 6.46. The molecule has 0 spiro atoms. The summed E-state index contributed by atoms with van der Waals surface area (Å²) < 4.78 is 7.05. The lowest BCUT2D eigenvalue weighted by Gasteiger charge is -2.11. The SMILES string of the molecule is CN=C(NCCc1ccc(OC)cc1)NCc1cnn(-c2ccccc2)c1. The maximum absolute atomic E-state index is 5.18. The van der Waals surface area contributed by atoms with Crippen LogP contribution in [0, 0.1) is 0 Å². The standard InChI is InChI=1S/C21H25N5O/c1-22-21(23-13-12-17-8-10-20(27-2)11-9-17)24-14-18-15-25-26(16-18)19-6-4-3-5-7-19/h3-11,15-16H,12-14H2,1-2H3,(H2,22,23,24). The van der Waals surface area contributed by atoms with Crippen LogP contribution in [-0.2, 0) is 13.0 Å². The van der Waals surface area contributed by atoms with Gasteiger partial charge in [0.05, 0.1) is 19.0 Å². The lowest BCUT2D eigenvalue weighted by Crippen LogP contribution is -2.37. The minimum absolute atomic E-state index is 0.662. The number of hydrogen-bond acceptors (Lipinski definition) is 3. The maximum Gasteiger partial charge on any atom is 0.191 e. The van der Waals surface area contributed by atoms with Crippen molar-refractivity contribution in [1.29, 1.82) is 0 Å². The largest absolute Gasteiger partial charge is 0.497 e. The van der Waals surface area contributed by atoms with E-state index in [0.29, 0.717) is 6.54 Å². The molecule has 0 saturated heterocycles. The molecule has 0 aliphatic carbocycles. The number of rotatable bonds is 7. The first-order chi connectivity index (χ1) is 13.3. The highest BCUT2D eigenvalue weighted by Crippen LogP contribution is 2.11. The third-order valence-corrected chi connectivity index (χ3v) is 4.21. The second kappa shape index (κ2) is 9.43. The molecule has 140 valence electrons. The second-order valence-corrected chi connectivity index (χ2v) is 6.08. The van der Waals surface area contributed by atoms with Crippen LogP contribution < -0.4 is 15.4 Å². The lowest BCUT2D eigenvalue weighted by molar-refractivity contribution is 0.414. The van der Waals surface area contributed by atoms with Gasteiger partial charge in [0.1, 0.15) is 5.75 Å². The third-order valence-electron chi connectivity index (χ3n) is 4.21. The van der Waals surface area contributed by atoms with Gasteiger partial charge in [0.15, 0.2) is 5.96 Å². The van der Waals surface area contributed by atoms with Crippen molar-refractivity contribution in [2.45, 2.75) is 13.0 Å². The van der Waals surface area contributed by atoms with Crippen LogP contribution in [0.2, 0.25) is 0 Å². The Balaban J connectivity index is 1.46. The van der Waals surface area contributed by atoms with Gasteiger partial charge in [0, 0.05) is 31.9 Å². The zero-order valence-corrected chi connectivity index (χ0v) is 15.7. The molecule has 2 aromatic carbocycles. The Bertz CT molecular complexity index is 856. The molecule has 0 unspecified atom stereocenters. The summed E-state index contributed by atoms with van der Waals surface area (Å²) in [6.45, 7) is 1.46. The van der Waals surface area contributed by atoms with Gasteiger partial charge >= 0.3 is 0 Å². The van der Waals surface area contributed by atoms with Crippen molar-refractivity contribution in [3.8, 4) is 11.4 Å². The highest BCUT2D eigenvalue weighted by atomic mass is 16.5. The summed E-state index contributed by atoms with van der Waals surface area (Å²) in [6.07, 6.45) is 4.80. The van der Waals surface area contributed by atoms with E-state index in [9.17, 15) is 0 Å². The Morgan fingerprint density at radius 1 is 1.04 bits per heavy atom. The molecule has 0 aliphatic rings. The molecule has 6 nitrogen and oxygen atoms in total. The third kappa shape index (κ3) is 5.34. The number of guanidine groups is 1. The number of aromatic nitrogens is 2. The molecule has 0 aliphatic heterocycles. The first-order valence-corrected chi connectivity index (χ1v) is 8.95. The van der Waals surface area contributed by atoms with E-state index in [1.165, 1.54) is 5.56 Å². The average Bonchev–Trinajstić information content (AvgIpc) is 3.21. The fourth-order valence-electron chi connectivity index (χ4n) is 2.70. The van der Waals surface area contributed by atoms with Crippen molar-refractivity contribution < 1.29 is 4.74 Å². The van der Waals surface area contributed by atoms with Gasteiger partial charge in [-0.2, -0.15) is 5.10 Å². The zero-order valence-electron chi connectivity index (χ0n) is 15.7. The van der Waals surface area contributed by atoms with Crippen LogP contribution in [0.5, 0.6) is 5.75 Å². The number of methoxy groups -OCH3 is 1. The van der Waals surface area contributed by atoms with Gasteiger partial charge in [-0.15, -0.1) is 0 Å². The summed E-state index contributed by atoms with van der Waals surface area (Å²) in [5.41, 5.74) is 3.39.